The molecule has 0 spiro atoms. The molecule has 3 rings (SSSR count). The van der Waals surface area contributed by atoms with Crippen molar-refractivity contribution in [2.75, 3.05) is 37.4 Å². The Labute approximate surface area is 166 Å². The van der Waals surface area contributed by atoms with Gasteiger partial charge in [0.25, 0.3) is 0 Å². The highest BCUT2D eigenvalue weighted by molar-refractivity contribution is 7.91. The van der Waals surface area contributed by atoms with Crippen LogP contribution in [0.2, 0.25) is 0 Å². The van der Waals surface area contributed by atoms with E-state index in [9.17, 15) is 13.2 Å². The van der Waals surface area contributed by atoms with Gasteiger partial charge in [0.15, 0.2) is 9.84 Å². The van der Waals surface area contributed by atoms with Crippen molar-refractivity contribution in [3.05, 3.63) is 59.7 Å². The molecular weight excluding hydrogens is 376 g/mol. The minimum Gasteiger partial charge on any atom is -0.379 e. The van der Waals surface area contributed by atoms with Crippen LogP contribution in [0.15, 0.2) is 53.4 Å². The molecule has 1 saturated heterocycles. The number of aryl methyl sites for hydroxylation is 1. The molecule has 28 heavy (non-hydrogen) atoms. The highest BCUT2D eigenvalue weighted by Crippen LogP contribution is 2.15. The third-order valence-electron chi connectivity index (χ3n) is 4.73. The normalized spacial score (nSPS) is 15.3. The van der Waals surface area contributed by atoms with Crippen LogP contribution in [0.4, 0.5) is 5.69 Å². The summed E-state index contributed by atoms with van der Waals surface area (Å²) in [6.45, 7) is 6.13. The predicted molar refractivity (Wildman–Crippen MR) is 109 cm³/mol. The van der Waals surface area contributed by atoms with Crippen molar-refractivity contribution in [1.29, 1.82) is 0 Å². The zero-order valence-electron chi connectivity index (χ0n) is 16.1. The van der Waals surface area contributed by atoms with Crippen LogP contribution in [-0.4, -0.2) is 51.3 Å². The van der Waals surface area contributed by atoms with E-state index in [2.05, 4.69) is 10.2 Å². The highest BCUT2D eigenvalue weighted by atomic mass is 32.2. The van der Waals surface area contributed by atoms with E-state index in [1.54, 1.807) is 24.3 Å². The van der Waals surface area contributed by atoms with Gasteiger partial charge in [0.2, 0.25) is 5.91 Å². The molecule has 1 aliphatic heterocycles. The number of nitrogens with one attached hydrogen (secondary N) is 1. The van der Waals surface area contributed by atoms with E-state index < -0.39 is 9.84 Å². The average molecular weight is 403 g/mol. The van der Waals surface area contributed by atoms with E-state index >= 15 is 0 Å². The first kappa shape index (κ1) is 20.5. The lowest BCUT2D eigenvalue weighted by Crippen LogP contribution is -2.35. The SMILES string of the molecule is Cc1ccc(S(=O)(=O)CCC(=O)Nc2ccc(CN3CCOCC3)cc2)cc1. The Morgan fingerprint density at radius 1 is 1.04 bits per heavy atom. The Morgan fingerprint density at radius 2 is 1.68 bits per heavy atom. The Balaban J connectivity index is 1.49. The number of morpholine rings is 1. The zero-order chi connectivity index (χ0) is 20.0. The summed E-state index contributed by atoms with van der Waals surface area (Å²) in [5.41, 5.74) is 2.83. The highest BCUT2D eigenvalue weighted by Gasteiger charge is 2.16. The number of benzene rings is 2. The third-order valence-corrected chi connectivity index (χ3v) is 6.46. The number of anilines is 1. The first-order valence-corrected chi connectivity index (χ1v) is 11.1. The zero-order valence-corrected chi connectivity index (χ0v) is 16.9. The van der Waals surface area contributed by atoms with Gasteiger partial charge < -0.3 is 10.1 Å². The van der Waals surface area contributed by atoms with Crippen molar-refractivity contribution >= 4 is 21.4 Å². The minimum absolute atomic E-state index is 0.0776. The lowest BCUT2D eigenvalue weighted by atomic mass is 10.2. The van der Waals surface area contributed by atoms with Gasteiger partial charge in [0.1, 0.15) is 0 Å². The molecule has 1 amide bonds. The summed E-state index contributed by atoms with van der Waals surface area (Å²) in [5.74, 6) is -0.520. The van der Waals surface area contributed by atoms with Crippen LogP contribution in [0.5, 0.6) is 0 Å². The summed E-state index contributed by atoms with van der Waals surface area (Å²) < 4.78 is 30.0. The fourth-order valence-electron chi connectivity index (χ4n) is 3.02. The summed E-state index contributed by atoms with van der Waals surface area (Å²) in [5, 5.41) is 2.77. The summed E-state index contributed by atoms with van der Waals surface area (Å²) >= 11 is 0. The summed E-state index contributed by atoms with van der Waals surface area (Å²) in [7, 11) is -3.46. The van der Waals surface area contributed by atoms with Crippen molar-refractivity contribution in [3.63, 3.8) is 0 Å². The Morgan fingerprint density at radius 3 is 2.32 bits per heavy atom. The van der Waals surface area contributed by atoms with Crippen molar-refractivity contribution < 1.29 is 17.9 Å². The number of rotatable bonds is 7. The molecule has 7 heteroatoms. The molecule has 0 atom stereocenters. The van der Waals surface area contributed by atoms with E-state index in [0.29, 0.717) is 5.69 Å². The summed E-state index contributed by atoms with van der Waals surface area (Å²) in [6.07, 6.45) is -0.0776. The molecule has 1 heterocycles. The fraction of sp³-hybridized carbons (Fsp3) is 0.381. The predicted octanol–water partition coefficient (Wildman–Crippen LogP) is 2.63. The number of hydrogen-bond donors (Lipinski definition) is 1. The maximum Gasteiger partial charge on any atom is 0.225 e. The summed E-state index contributed by atoms with van der Waals surface area (Å²) in [6, 6.07) is 14.3. The van der Waals surface area contributed by atoms with Crippen molar-refractivity contribution in [2.24, 2.45) is 0 Å². The number of ether oxygens (including phenoxy) is 1. The summed E-state index contributed by atoms with van der Waals surface area (Å²) in [4.78, 5) is 14.7. The number of nitrogens with zero attached hydrogens (tertiary/aromatic N) is 1. The lowest BCUT2D eigenvalue weighted by Gasteiger charge is -2.26. The van der Waals surface area contributed by atoms with Crippen molar-refractivity contribution in [3.8, 4) is 0 Å². The molecule has 0 aliphatic carbocycles. The molecule has 0 unspecified atom stereocenters. The van der Waals surface area contributed by atoms with E-state index in [1.807, 2.05) is 31.2 Å². The van der Waals surface area contributed by atoms with Gasteiger partial charge in [0, 0.05) is 31.7 Å². The number of carbonyl (C=O) groups is 1. The number of carbonyl (C=O) groups excluding carboxylic acids is 1. The van der Waals surface area contributed by atoms with E-state index in [1.165, 1.54) is 5.56 Å². The molecule has 1 N–H and O–H groups in total. The van der Waals surface area contributed by atoms with Gasteiger partial charge >= 0.3 is 0 Å². The van der Waals surface area contributed by atoms with Gasteiger partial charge in [-0.1, -0.05) is 29.8 Å². The fourth-order valence-corrected chi connectivity index (χ4v) is 4.27. The van der Waals surface area contributed by atoms with Gasteiger partial charge in [-0.15, -0.1) is 0 Å². The molecular formula is C21H26N2O4S. The minimum atomic E-state index is -3.46. The van der Waals surface area contributed by atoms with Gasteiger partial charge in [0.05, 0.1) is 23.9 Å². The van der Waals surface area contributed by atoms with Crippen molar-refractivity contribution in [1.82, 2.24) is 4.90 Å². The smallest absolute Gasteiger partial charge is 0.225 e. The molecule has 1 aliphatic rings. The quantitative estimate of drug-likeness (QED) is 0.771. The van der Waals surface area contributed by atoms with Gasteiger partial charge in [-0.25, -0.2) is 8.42 Å². The van der Waals surface area contributed by atoms with Crippen LogP contribution in [0.3, 0.4) is 0 Å². The molecule has 0 radical (unpaired) electrons. The van der Waals surface area contributed by atoms with Crippen LogP contribution in [-0.2, 0) is 25.9 Å². The molecule has 0 bridgehead atoms. The van der Waals surface area contributed by atoms with Gasteiger partial charge in [-0.3, -0.25) is 9.69 Å². The second-order valence-corrected chi connectivity index (χ2v) is 9.12. The molecule has 1 fully saturated rings. The standard InChI is InChI=1S/C21H26N2O4S/c1-17-2-8-20(9-3-17)28(25,26)15-10-21(24)22-19-6-4-18(5-7-19)16-23-11-13-27-14-12-23/h2-9H,10-16H2,1H3,(H,22,24). The maximum absolute atomic E-state index is 12.3. The molecule has 2 aromatic rings. The first-order chi connectivity index (χ1) is 13.4. The molecule has 2 aromatic carbocycles. The van der Waals surface area contributed by atoms with E-state index in [-0.39, 0.29) is 23.0 Å². The largest absolute Gasteiger partial charge is 0.379 e. The molecule has 0 aromatic heterocycles. The number of hydrogen-bond acceptors (Lipinski definition) is 5. The first-order valence-electron chi connectivity index (χ1n) is 9.41. The van der Waals surface area contributed by atoms with Crippen LogP contribution in [0.25, 0.3) is 0 Å². The van der Waals surface area contributed by atoms with Crippen LogP contribution in [0.1, 0.15) is 17.5 Å². The Hall–Kier alpha value is -2.22. The third kappa shape index (κ3) is 5.89. The number of sulfone groups is 1. The second kappa shape index (κ2) is 9.32. The average Bonchev–Trinajstić information content (AvgIpc) is 2.69. The van der Waals surface area contributed by atoms with Crippen molar-refractivity contribution in [2.45, 2.75) is 24.8 Å². The van der Waals surface area contributed by atoms with Crippen LogP contribution < -0.4 is 5.32 Å². The monoisotopic (exact) mass is 402 g/mol. The Bertz CT molecular complexity index is 887. The van der Waals surface area contributed by atoms with Crippen LogP contribution >= 0.6 is 0 Å². The Kier molecular flexibility index (Phi) is 6.83. The van der Waals surface area contributed by atoms with Gasteiger partial charge in [-0.05, 0) is 36.8 Å². The molecule has 150 valence electrons. The molecule has 6 nitrogen and oxygen atoms in total. The molecule has 0 saturated carbocycles. The number of amides is 1. The topological polar surface area (TPSA) is 75.7 Å². The van der Waals surface area contributed by atoms with Gasteiger partial charge in [-0.2, -0.15) is 0 Å². The van der Waals surface area contributed by atoms with Crippen LogP contribution in [0, 0.1) is 6.92 Å². The second-order valence-electron chi connectivity index (χ2n) is 7.02. The van der Waals surface area contributed by atoms with E-state index in [0.717, 1.165) is 38.4 Å². The lowest BCUT2D eigenvalue weighted by molar-refractivity contribution is -0.115. The van der Waals surface area contributed by atoms with E-state index in [4.69, 9.17) is 4.74 Å². The maximum atomic E-state index is 12.3.